The van der Waals surface area contributed by atoms with Gasteiger partial charge in [-0.3, -0.25) is 19.8 Å². The summed E-state index contributed by atoms with van der Waals surface area (Å²) in [5, 5.41) is 16.8. The van der Waals surface area contributed by atoms with Crippen molar-refractivity contribution in [1.29, 1.82) is 0 Å². The van der Waals surface area contributed by atoms with Gasteiger partial charge in [-0.25, -0.2) is 4.98 Å². The molecular formula is C21H22N4O3S. The van der Waals surface area contributed by atoms with Crippen LogP contribution in [0.3, 0.4) is 0 Å². The quantitative estimate of drug-likeness (QED) is 0.449. The van der Waals surface area contributed by atoms with Gasteiger partial charge in [0.05, 0.1) is 11.5 Å². The van der Waals surface area contributed by atoms with E-state index in [1.807, 2.05) is 60.6 Å². The fraction of sp³-hybridized carbons (Fsp3) is 0.238. The Morgan fingerprint density at radius 1 is 1.21 bits per heavy atom. The van der Waals surface area contributed by atoms with Crippen LogP contribution in [-0.2, 0) is 4.79 Å². The average Bonchev–Trinajstić information content (AvgIpc) is 3.26. The molecule has 1 amide bonds. The molecule has 0 fully saturated rings. The number of nitrogens with one attached hydrogen (secondary N) is 1. The molecule has 2 aromatic carbocycles. The van der Waals surface area contributed by atoms with Crippen LogP contribution in [0, 0.1) is 10.1 Å². The highest BCUT2D eigenvalue weighted by Gasteiger charge is 2.22. The van der Waals surface area contributed by atoms with Gasteiger partial charge in [0, 0.05) is 29.8 Å². The smallest absolute Gasteiger partial charge is 0.269 e. The highest BCUT2D eigenvalue weighted by atomic mass is 32.1. The van der Waals surface area contributed by atoms with Gasteiger partial charge < -0.3 is 5.32 Å². The second-order valence-corrected chi connectivity index (χ2v) is 7.65. The van der Waals surface area contributed by atoms with Crippen molar-refractivity contribution >= 4 is 22.9 Å². The van der Waals surface area contributed by atoms with Gasteiger partial charge in [0.15, 0.2) is 0 Å². The van der Waals surface area contributed by atoms with Crippen LogP contribution in [-0.4, -0.2) is 34.3 Å². The first kappa shape index (κ1) is 20.6. The molecule has 0 aliphatic carbocycles. The van der Waals surface area contributed by atoms with Crippen LogP contribution < -0.4 is 5.32 Å². The van der Waals surface area contributed by atoms with E-state index in [4.69, 9.17) is 0 Å². The lowest BCUT2D eigenvalue weighted by atomic mass is 10.1. The summed E-state index contributed by atoms with van der Waals surface area (Å²) in [5.41, 5.74) is 1.79. The van der Waals surface area contributed by atoms with Crippen molar-refractivity contribution in [2.45, 2.75) is 19.0 Å². The molecule has 0 bridgehead atoms. The maximum Gasteiger partial charge on any atom is 0.269 e. The standard InChI is InChI=1S/C21H22N4O3S/c1-15(17-9-6-10-18(13-17)25(27)28)24(2)14-19(26)23-20(21-22-11-12-29-21)16-7-4-3-5-8-16/h3-13,15,20H,14H2,1-2H3,(H,23,26). The van der Waals surface area contributed by atoms with E-state index in [1.54, 1.807) is 18.3 Å². The number of amides is 1. The molecule has 0 saturated heterocycles. The number of likely N-dealkylation sites (N-methyl/N-ethyl adjacent to an activating group) is 1. The summed E-state index contributed by atoms with van der Waals surface area (Å²) in [7, 11) is 1.82. The minimum atomic E-state index is -0.415. The molecule has 3 rings (SSSR count). The van der Waals surface area contributed by atoms with Gasteiger partial charge in [0.1, 0.15) is 11.0 Å². The summed E-state index contributed by atoms with van der Waals surface area (Å²) in [6, 6.07) is 15.7. The summed E-state index contributed by atoms with van der Waals surface area (Å²) >= 11 is 1.49. The second-order valence-electron chi connectivity index (χ2n) is 6.72. The van der Waals surface area contributed by atoms with Crippen LogP contribution in [0.2, 0.25) is 0 Å². The lowest BCUT2D eigenvalue weighted by Gasteiger charge is -2.25. The van der Waals surface area contributed by atoms with Crippen LogP contribution >= 0.6 is 11.3 Å². The molecule has 29 heavy (non-hydrogen) atoms. The van der Waals surface area contributed by atoms with Gasteiger partial charge in [-0.1, -0.05) is 42.5 Å². The van der Waals surface area contributed by atoms with Crippen molar-refractivity contribution < 1.29 is 9.72 Å². The van der Waals surface area contributed by atoms with E-state index >= 15 is 0 Å². The largest absolute Gasteiger partial charge is 0.342 e. The molecule has 1 aromatic heterocycles. The van der Waals surface area contributed by atoms with E-state index < -0.39 is 4.92 Å². The number of nitro groups is 1. The van der Waals surface area contributed by atoms with Crippen molar-refractivity contribution in [3.63, 3.8) is 0 Å². The SMILES string of the molecule is CC(c1cccc([N+](=O)[O-])c1)N(C)CC(=O)NC(c1ccccc1)c1nccs1. The molecule has 1 N–H and O–H groups in total. The Kier molecular flexibility index (Phi) is 6.69. The first-order valence-corrected chi connectivity index (χ1v) is 10.0. The number of carbonyl (C=O) groups excluding carboxylic acids is 1. The van der Waals surface area contributed by atoms with E-state index in [9.17, 15) is 14.9 Å². The zero-order chi connectivity index (χ0) is 20.8. The molecule has 0 radical (unpaired) electrons. The molecule has 7 nitrogen and oxygen atoms in total. The average molecular weight is 410 g/mol. The molecule has 0 saturated carbocycles. The summed E-state index contributed by atoms with van der Waals surface area (Å²) in [6.45, 7) is 2.07. The third-order valence-electron chi connectivity index (χ3n) is 4.75. The Labute approximate surface area is 173 Å². The van der Waals surface area contributed by atoms with Crippen molar-refractivity contribution in [1.82, 2.24) is 15.2 Å². The Morgan fingerprint density at radius 2 is 1.93 bits per heavy atom. The van der Waals surface area contributed by atoms with Crippen LogP contribution in [0.4, 0.5) is 5.69 Å². The summed E-state index contributed by atoms with van der Waals surface area (Å²) in [5.74, 6) is -0.145. The topological polar surface area (TPSA) is 88.4 Å². The van der Waals surface area contributed by atoms with Crippen LogP contribution in [0.15, 0.2) is 66.2 Å². The fourth-order valence-corrected chi connectivity index (χ4v) is 3.75. The number of carbonyl (C=O) groups is 1. The van der Waals surface area contributed by atoms with Crippen LogP contribution in [0.1, 0.15) is 35.1 Å². The number of nitro benzene ring substituents is 1. The van der Waals surface area contributed by atoms with E-state index in [0.29, 0.717) is 0 Å². The van der Waals surface area contributed by atoms with Crippen molar-refractivity contribution in [2.75, 3.05) is 13.6 Å². The minimum Gasteiger partial charge on any atom is -0.342 e. The maximum absolute atomic E-state index is 12.8. The molecule has 2 unspecified atom stereocenters. The normalized spacial score (nSPS) is 13.1. The van der Waals surface area contributed by atoms with E-state index in [1.165, 1.54) is 17.4 Å². The fourth-order valence-electron chi connectivity index (χ4n) is 3.03. The first-order valence-electron chi connectivity index (χ1n) is 9.14. The number of non-ortho nitro benzene ring substituents is 1. The summed E-state index contributed by atoms with van der Waals surface area (Å²) < 4.78 is 0. The van der Waals surface area contributed by atoms with Crippen molar-refractivity contribution in [2.24, 2.45) is 0 Å². The predicted molar refractivity (Wildman–Crippen MR) is 113 cm³/mol. The molecule has 8 heteroatoms. The monoisotopic (exact) mass is 410 g/mol. The molecular weight excluding hydrogens is 388 g/mol. The van der Waals surface area contributed by atoms with Gasteiger partial charge in [-0.15, -0.1) is 11.3 Å². The zero-order valence-electron chi connectivity index (χ0n) is 16.2. The number of thiazole rings is 1. The number of hydrogen-bond acceptors (Lipinski definition) is 6. The number of rotatable bonds is 8. The number of benzene rings is 2. The van der Waals surface area contributed by atoms with Gasteiger partial charge in [0.2, 0.25) is 5.91 Å². The molecule has 1 heterocycles. The molecule has 2 atom stereocenters. The Balaban J connectivity index is 1.70. The van der Waals surface area contributed by atoms with Crippen LogP contribution in [0.5, 0.6) is 0 Å². The predicted octanol–water partition coefficient (Wildman–Crippen LogP) is 3.95. The van der Waals surface area contributed by atoms with Gasteiger partial charge in [0.25, 0.3) is 5.69 Å². The third-order valence-corrected chi connectivity index (χ3v) is 5.59. The molecule has 0 aliphatic rings. The number of nitrogens with zero attached hydrogens (tertiary/aromatic N) is 3. The van der Waals surface area contributed by atoms with Gasteiger partial charge in [-0.2, -0.15) is 0 Å². The lowest BCUT2D eigenvalue weighted by Crippen LogP contribution is -2.38. The highest BCUT2D eigenvalue weighted by molar-refractivity contribution is 7.09. The maximum atomic E-state index is 12.8. The highest BCUT2D eigenvalue weighted by Crippen LogP contribution is 2.25. The van der Waals surface area contributed by atoms with Crippen LogP contribution in [0.25, 0.3) is 0 Å². The number of aromatic nitrogens is 1. The van der Waals surface area contributed by atoms with E-state index in [-0.39, 0.29) is 30.2 Å². The number of hydrogen-bond donors (Lipinski definition) is 1. The summed E-state index contributed by atoms with van der Waals surface area (Å²) in [4.78, 5) is 29.6. The minimum absolute atomic E-state index is 0.0418. The summed E-state index contributed by atoms with van der Waals surface area (Å²) in [6.07, 6.45) is 1.72. The lowest BCUT2D eigenvalue weighted by molar-refractivity contribution is -0.384. The Bertz CT molecular complexity index is 963. The molecule has 0 aliphatic heterocycles. The van der Waals surface area contributed by atoms with E-state index in [2.05, 4.69) is 10.3 Å². The molecule has 150 valence electrons. The molecule has 0 spiro atoms. The van der Waals surface area contributed by atoms with E-state index in [0.717, 1.165) is 16.1 Å². The first-order chi connectivity index (χ1) is 14.0. The second kappa shape index (κ2) is 9.40. The van der Waals surface area contributed by atoms with Gasteiger partial charge >= 0.3 is 0 Å². The Morgan fingerprint density at radius 3 is 2.59 bits per heavy atom. The van der Waals surface area contributed by atoms with Crippen molar-refractivity contribution in [3.8, 4) is 0 Å². The van der Waals surface area contributed by atoms with Gasteiger partial charge in [-0.05, 0) is 25.1 Å². The molecule has 3 aromatic rings. The zero-order valence-corrected chi connectivity index (χ0v) is 17.0. The van der Waals surface area contributed by atoms with Crippen molar-refractivity contribution in [3.05, 3.63) is 92.4 Å². The third kappa shape index (κ3) is 5.24. The Hall–Kier alpha value is -3.10.